The lowest BCUT2D eigenvalue weighted by Crippen LogP contribution is -2.33. The summed E-state index contributed by atoms with van der Waals surface area (Å²) < 4.78 is 10.1. The summed E-state index contributed by atoms with van der Waals surface area (Å²) in [6.07, 6.45) is 12.0. The van der Waals surface area contributed by atoms with Crippen molar-refractivity contribution in [2.24, 2.45) is 11.8 Å². The third-order valence-electron chi connectivity index (χ3n) is 3.98. The topological polar surface area (TPSA) is 52.6 Å². The van der Waals surface area contributed by atoms with Gasteiger partial charge in [0.2, 0.25) is 0 Å². The average molecular weight is 296 g/mol. The van der Waals surface area contributed by atoms with Gasteiger partial charge in [-0.1, -0.05) is 51.2 Å². The molecule has 0 aliphatic heterocycles. The van der Waals surface area contributed by atoms with Crippen molar-refractivity contribution in [2.75, 3.05) is 13.7 Å². The van der Waals surface area contributed by atoms with Crippen molar-refractivity contribution in [1.29, 1.82) is 0 Å². The van der Waals surface area contributed by atoms with E-state index in [2.05, 4.69) is 6.92 Å². The molecule has 0 bridgehead atoms. The van der Waals surface area contributed by atoms with Crippen molar-refractivity contribution >= 4 is 11.9 Å². The lowest BCUT2D eigenvalue weighted by atomic mass is 9.83. The molecule has 0 aromatic carbocycles. The van der Waals surface area contributed by atoms with Crippen LogP contribution in [0.1, 0.15) is 58.3 Å². The van der Waals surface area contributed by atoms with Gasteiger partial charge < -0.3 is 9.47 Å². The van der Waals surface area contributed by atoms with Gasteiger partial charge >= 0.3 is 11.9 Å². The van der Waals surface area contributed by atoms with Gasteiger partial charge in [0.1, 0.15) is 0 Å². The normalized spacial score (nSPS) is 21.0. The molecular weight excluding hydrogens is 268 g/mol. The molecule has 4 heteroatoms. The number of unbranched alkanes of at least 4 members (excludes halogenated alkanes) is 5. The Kier molecular flexibility index (Phi) is 8.79. The second-order valence-electron chi connectivity index (χ2n) is 5.61. The monoisotopic (exact) mass is 296 g/mol. The smallest absolute Gasteiger partial charge is 0.310 e. The highest BCUT2D eigenvalue weighted by Gasteiger charge is 2.35. The zero-order valence-electron chi connectivity index (χ0n) is 13.3. The van der Waals surface area contributed by atoms with Gasteiger partial charge in [-0.2, -0.15) is 0 Å². The van der Waals surface area contributed by atoms with Gasteiger partial charge in [0.25, 0.3) is 0 Å². The molecule has 0 fully saturated rings. The van der Waals surface area contributed by atoms with E-state index in [4.69, 9.17) is 9.47 Å². The van der Waals surface area contributed by atoms with Crippen LogP contribution >= 0.6 is 0 Å². The van der Waals surface area contributed by atoms with Crippen LogP contribution in [0.15, 0.2) is 12.2 Å². The molecule has 0 saturated heterocycles. The van der Waals surface area contributed by atoms with Gasteiger partial charge in [-0.15, -0.1) is 0 Å². The van der Waals surface area contributed by atoms with Crippen molar-refractivity contribution in [1.82, 2.24) is 0 Å². The summed E-state index contributed by atoms with van der Waals surface area (Å²) in [7, 11) is 1.36. The van der Waals surface area contributed by atoms with E-state index in [1.807, 2.05) is 12.2 Å². The van der Waals surface area contributed by atoms with Crippen LogP contribution in [0.25, 0.3) is 0 Å². The van der Waals surface area contributed by atoms with Crippen molar-refractivity contribution in [3.8, 4) is 0 Å². The van der Waals surface area contributed by atoms with Gasteiger partial charge in [0.15, 0.2) is 0 Å². The van der Waals surface area contributed by atoms with Crippen molar-refractivity contribution in [3.05, 3.63) is 12.2 Å². The first-order valence-electron chi connectivity index (χ1n) is 8.10. The molecule has 0 spiro atoms. The van der Waals surface area contributed by atoms with Gasteiger partial charge in [-0.3, -0.25) is 9.59 Å². The molecular formula is C17H28O4. The molecule has 120 valence electrons. The standard InChI is InChI=1S/C17H28O4/c1-3-4-5-6-7-10-13-21-17(19)15-12-9-8-11-14(15)16(18)20-2/h8-9,14-15H,3-7,10-13H2,1-2H3. The molecule has 0 radical (unpaired) electrons. The summed E-state index contributed by atoms with van der Waals surface area (Å²) in [4.78, 5) is 23.8. The Bertz CT molecular complexity index is 349. The van der Waals surface area contributed by atoms with Crippen LogP contribution < -0.4 is 0 Å². The summed E-state index contributed by atoms with van der Waals surface area (Å²) in [6.45, 7) is 2.65. The van der Waals surface area contributed by atoms with Crippen molar-refractivity contribution in [2.45, 2.75) is 58.3 Å². The summed E-state index contributed by atoms with van der Waals surface area (Å²) in [6, 6.07) is 0. The van der Waals surface area contributed by atoms with E-state index in [9.17, 15) is 9.59 Å². The largest absolute Gasteiger partial charge is 0.469 e. The number of ether oxygens (including phenoxy) is 2. The van der Waals surface area contributed by atoms with Gasteiger partial charge in [0.05, 0.1) is 25.6 Å². The Morgan fingerprint density at radius 1 is 0.952 bits per heavy atom. The van der Waals surface area contributed by atoms with Crippen molar-refractivity contribution < 1.29 is 19.1 Å². The number of carbonyl (C=O) groups is 2. The molecule has 1 aliphatic carbocycles. The number of hydrogen-bond acceptors (Lipinski definition) is 4. The van der Waals surface area contributed by atoms with E-state index in [0.29, 0.717) is 19.4 Å². The highest BCUT2D eigenvalue weighted by atomic mass is 16.5. The quantitative estimate of drug-likeness (QED) is 0.370. The van der Waals surface area contributed by atoms with Gasteiger partial charge in [0, 0.05) is 0 Å². The Morgan fingerprint density at radius 3 is 2.14 bits per heavy atom. The Balaban J connectivity index is 2.26. The molecule has 4 nitrogen and oxygen atoms in total. The third-order valence-corrected chi connectivity index (χ3v) is 3.98. The molecule has 0 aromatic rings. The van der Waals surface area contributed by atoms with Crippen LogP contribution in [-0.2, 0) is 19.1 Å². The maximum Gasteiger partial charge on any atom is 0.310 e. The van der Waals surface area contributed by atoms with E-state index >= 15 is 0 Å². The lowest BCUT2D eigenvalue weighted by Gasteiger charge is -2.24. The number of rotatable bonds is 9. The van der Waals surface area contributed by atoms with Crippen LogP contribution in [0.5, 0.6) is 0 Å². The van der Waals surface area contributed by atoms with E-state index in [-0.39, 0.29) is 17.9 Å². The SMILES string of the molecule is CCCCCCCCOC(=O)C1CC=CCC1C(=O)OC. The second-order valence-corrected chi connectivity index (χ2v) is 5.61. The van der Waals surface area contributed by atoms with E-state index in [0.717, 1.165) is 12.8 Å². The van der Waals surface area contributed by atoms with Crippen LogP contribution in [0, 0.1) is 11.8 Å². The van der Waals surface area contributed by atoms with Crippen LogP contribution in [0.4, 0.5) is 0 Å². The maximum atomic E-state index is 12.1. The number of methoxy groups -OCH3 is 1. The van der Waals surface area contributed by atoms with Crippen LogP contribution in [0.2, 0.25) is 0 Å². The average Bonchev–Trinajstić information content (AvgIpc) is 2.53. The fraction of sp³-hybridized carbons (Fsp3) is 0.765. The minimum Gasteiger partial charge on any atom is -0.469 e. The predicted octanol–water partition coefficient (Wildman–Crippen LogP) is 3.65. The van der Waals surface area contributed by atoms with Gasteiger partial charge in [-0.25, -0.2) is 0 Å². The van der Waals surface area contributed by atoms with E-state index in [1.165, 1.54) is 32.8 Å². The van der Waals surface area contributed by atoms with Gasteiger partial charge in [-0.05, 0) is 19.3 Å². The summed E-state index contributed by atoms with van der Waals surface area (Å²) in [5.41, 5.74) is 0. The van der Waals surface area contributed by atoms with E-state index < -0.39 is 5.92 Å². The molecule has 21 heavy (non-hydrogen) atoms. The third kappa shape index (κ3) is 6.32. The Morgan fingerprint density at radius 2 is 1.52 bits per heavy atom. The highest BCUT2D eigenvalue weighted by Crippen LogP contribution is 2.27. The summed E-state index contributed by atoms with van der Waals surface area (Å²) in [5.74, 6) is -1.36. The minimum atomic E-state index is -0.392. The fourth-order valence-corrected chi connectivity index (χ4v) is 2.65. The van der Waals surface area contributed by atoms with E-state index in [1.54, 1.807) is 0 Å². The van der Waals surface area contributed by atoms with Crippen LogP contribution in [0.3, 0.4) is 0 Å². The molecule has 0 aromatic heterocycles. The Hall–Kier alpha value is -1.32. The molecule has 2 unspecified atom stereocenters. The second kappa shape index (κ2) is 10.4. The number of allylic oxidation sites excluding steroid dienone is 2. The number of hydrogen-bond donors (Lipinski definition) is 0. The number of carbonyl (C=O) groups excluding carboxylic acids is 2. The zero-order valence-corrected chi connectivity index (χ0v) is 13.3. The maximum absolute atomic E-state index is 12.1. The first-order chi connectivity index (χ1) is 10.2. The zero-order chi connectivity index (χ0) is 15.5. The van der Waals surface area contributed by atoms with Crippen molar-refractivity contribution in [3.63, 3.8) is 0 Å². The molecule has 0 N–H and O–H groups in total. The Labute approximate surface area is 127 Å². The number of esters is 2. The molecule has 1 rings (SSSR count). The predicted molar refractivity (Wildman–Crippen MR) is 81.7 cm³/mol. The highest BCUT2D eigenvalue weighted by molar-refractivity contribution is 5.82. The molecule has 0 heterocycles. The lowest BCUT2D eigenvalue weighted by molar-refractivity contribution is -0.159. The fourth-order valence-electron chi connectivity index (χ4n) is 2.65. The molecule has 0 saturated carbocycles. The first-order valence-corrected chi connectivity index (χ1v) is 8.10. The van der Waals surface area contributed by atoms with Crippen LogP contribution in [-0.4, -0.2) is 25.7 Å². The summed E-state index contributed by atoms with van der Waals surface area (Å²) in [5, 5.41) is 0. The first kappa shape index (κ1) is 17.7. The molecule has 1 aliphatic rings. The minimum absolute atomic E-state index is 0.261. The molecule has 2 atom stereocenters. The molecule has 0 amide bonds. The summed E-state index contributed by atoms with van der Waals surface area (Å²) >= 11 is 0.